The lowest BCUT2D eigenvalue weighted by Gasteiger charge is -2.23. The van der Waals surface area contributed by atoms with Gasteiger partial charge in [0.05, 0.1) is 11.1 Å². The van der Waals surface area contributed by atoms with Crippen molar-refractivity contribution in [2.24, 2.45) is 0 Å². The highest BCUT2D eigenvalue weighted by Crippen LogP contribution is 2.35. The quantitative estimate of drug-likeness (QED) is 0.749. The topological polar surface area (TPSA) is 109 Å². The first-order chi connectivity index (χ1) is 11.3. The molecule has 0 saturated carbocycles. The van der Waals surface area contributed by atoms with Crippen LogP contribution in [0, 0.1) is 13.8 Å². The van der Waals surface area contributed by atoms with Crippen molar-refractivity contribution in [2.75, 3.05) is 0 Å². The number of carboxylic acid groups (broad SMARTS) is 2. The van der Waals surface area contributed by atoms with Gasteiger partial charge in [0, 0.05) is 22.3 Å². The van der Waals surface area contributed by atoms with E-state index in [9.17, 15) is 29.4 Å². The minimum atomic E-state index is -1.55. The number of rotatable bonds is 2. The van der Waals surface area contributed by atoms with Crippen molar-refractivity contribution in [1.82, 2.24) is 0 Å². The largest absolute Gasteiger partial charge is 0.478 e. The molecule has 0 fully saturated rings. The molecular formula is C18H12O6. The average Bonchev–Trinajstić information content (AvgIpc) is 2.53. The lowest BCUT2D eigenvalue weighted by atomic mass is 9.76. The van der Waals surface area contributed by atoms with E-state index in [2.05, 4.69) is 0 Å². The van der Waals surface area contributed by atoms with Crippen LogP contribution in [0.3, 0.4) is 0 Å². The summed E-state index contributed by atoms with van der Waals surface area (Å²) in [4.78, 5) is 48.9. The van der Waals surface area contributed by atoms with Crippen molar-refractivity contribution >= 4 is 23.5 Å². The Morgan fingerprint density at radius 1 is 0.750 bits per heavy atom. The number of ketones is 2. The molecule has 0 bridgehead atoms. The Morgan fingerprint density at radius 2 is 1.21 bits per heavy atom. The molecule has 0 aromatic heterocycles. The van der Waals surface area contributed by atoms with Crippen LogP contribution in [0.15, 0.2) is 24.3 Å². The molecule has 0 aliphatic heterocycles. The first-order valence-electron chi connectivity index (χ1n) is 7.09. The molecule has 1 aliphatic rings. The number of carbonyl (C=O) groups excluding carboxylic acids is 2. The number of carbonyl (C=O) groups is 4. The molecule has 0 saturated heterocycles. The summed E-state index contributed by atoms with van der Waals surface area (Å²) in [5.74, 6) is -4.12. The Balaban J connectivity index is 2.54. The zero-order chi connectivity index (χ0) is 17.8. The zero-order valence-electron chi connectivity index (χ0n) is 12.8. The fourth-order valence-corrected chi connectivity index (χ4v) is 3.14. The van der Waals surface area contributed by atoms with Crippen LogP contribution in [0.5, 0.6) is 0 Å². The van der Waals surface area contributed by atoms with Crippen LogP contribution in [0.1, 0.15) is 63.7 Å². The minimum absolute atomic E-state index is 0.0291. The van der Waals surface area contributed by atoms with Crippen LogP contribution in [0.2, 0.25) is 0 Å². The molecule has 0 radical (unpaired) electrons. The molecule has 0 spiro atoms. The van der Waals surface area contributed by atoms with Gasteiger partial charge in [-0.3, -0.25) is 9.59 Å². The van der Waals surface area contributed by atoms with Crippen molar-refractivity contribution in [1.29, 1.82) is 0 Å². The van der Waals surface area contributed by atoms with Crippen molar-refractivity contribution in [3.05, 3.63) is 68.8 Å². The first kappa shape index (κ1) is 15.6. The van der Waals surface area contributed by atoms with Gasteiger partial charge in [-0.2, -0.15) is 0 Å². The summed E-state index contributed by atoms with van der Waals surface area (Å²) in [5, 5.41) is 18.9. The maximum absolute atomic E-state index is 12.8. The number of fused-ring (bicyclic) bond motifs is 2. The standard InChI is InChI=1S/C18H12O6/c1-7-8(2)12(17(21)22)14(18(23)24)13-11(7)15(19)9-5-3-4-6-10(9)16(13)20/h3-6H,1-2H3,(H,21,22)(H,23,24). The molecule has 3 rings (SSSR count). The monoisotopic (exact) mass is 324 g/mol. The maximum atomic E-state index is 12.8. The SMILES string of the molecule is Cc1c(C)c2c(c(C(=O)O)c1C(=O)O)C(=O)c1ccccc1C2=O. The van der Waals surface area contributed by atoms with Crippen molar-refractivity contribution in [3.63, 3.8) is 0 Å². The average molecular weight is 324 g/mol. The molecule has 24 heavy (non-hydrogen) atoms. The number of aromatic carboxylic acids is 2. The van der Waals surface area contributed by atoms with Crippen LogP contribution in [0.4, 0.5) is 0 Å². The van der Waals surface area contributed by atoms with Crippen LogP contribution in [-0.2, 0) is 0 Å². The number of hydrogen-bond donors (Lipinski definition) is 2. The minimum Gasteiger partial charge on any atom is -0.478 e. The predicted molar refractivity (Wildman–Crippen MR) is 83.1 cm³/mol. The van der Waals surface area contributed by atoms with Gasteiger partial charge in [-0.1, -0.05) is 24.3 Å². The normalized spacial score (nSPS) is 12.6. The summed E-state index contributed by atoms with van der Waals surface area (Å²) >= 11 is 0. The van der Waals surface area contributed by atoms with Gasteiger partial charge in [-0.25, -0.2) is 9.59 Å². The van der Waals surface area contributed by atoms with Crippen LogP contribution in [0.25, 0.3) is 0 Å². The summed E-state index contributed by atoms with van der Waals surface area (Å²) in [6, 6.07) is 6.11. The number of carboxylic acids is 2. The third-order valence-electron chi connectivity index (χ3n) is 4.36. The van der Waals surface area contributed by atoms with Gasteiger partial charge in [0.25, 0.3) is 0 Å². The van der Waals surface area contributed by atoms with E-state index < -0.39 is 34.6 Å². The Labute approximate surface area is 136 Å². The molecular weight excluding hydrogens is 312 g/mol. The molecule has 2 N–H and O–H groups in total. The molecule has 0 atom stereocenters. The van der Waals surface area contributed by atoms with Gasteiger partial charge in [0.15, 0.2) is 11.6 Å². The van der Waals surface area contributed by atoms with Crippen LogP contribution < -0.4 is 0 Å². The summed E-state index contributed by atoms with van der Waals surface area (Å²) in [6.07, 6.45) is 0. The van der Waals surface area contributed by atoms with Gasteiger partial charge >= 0.3 is 11.9 Å². The third-order valence-corrected chi connectivity index (χ3v) is 4.36. The van der Waals surface area contributed by atoms with Gasteiger partial charge in [0.1, 0.15) is 0 Å². The van der Waals surface area contributed by atoms with Crippen LogP contribution >= 0.6 is 0 Å². The molecule has 6 nitrogen and oxygen atoms in total. The summed E-state index contributed by atoms with van der Waals surface area (Å²) in [6.45, 7) is 2.95. The van der Waals surface area contributed by atoms with E-state index >= 15 is 0 Å². The smallest absolute Gasteiger partial charge is 0.337 e. The van der Waals surface area contributed by atoms with E-state index in [1.54, 1.807) is 12.1 Å². The highest BCUT2D eigenvalue weighted by Gasteiger charge is 2.38. The third kappa shape index (κ3) is 1.89. The maximum Gasteiger partial charge on any atom is 0.337 e. The van der Waals surface area contributed by atoms with Gasteiger partial charge in [0.2, 0.25) is 0 Å². The molecule has 0 unspecified atom stereocenters. The van der Waals surface area contributed by atoms with Crippen LogP contribution in [-0.4, -0.2) is 33.7 Å². The summed E-state index contributed by atoms with van der Waals surface area (Å²) in [7, 11) is 0. The number of benzene rings is 2. The van der Waals surface area contributed by atoms with Gasteiger partial charge < -0.3 is 10.2 Å². The molecule has 6 heteroatoms. The second-order valence-electron chi connectivity index (χ2n) is 5.56. The zero-order valence-corrected chi connectivity index (χ0v) is 12.8. The Hall–Kier alpha value is -3.28. The van der Waals surface area contributed by atoms with Gasteiger partial charge in [-0.05, 0) is 25.0 Å². The van der Waals surface area contributed by atoms with E-state index in [1.165, 1.54) is 26.0 Å². The molecule has 120 valence electrons. The summed E-state index contributed by atoms with van der Waals surface area (Å²) < 4.78 is 0. The molecule has 2 aromatic carbocycles. The fourth-order valence-electron chi connectivity index (χ4n) is 3.14. The Kier molecular flexibility index (Phi) is 3.33. The van der Waals surface area contributed by atoms with E-state index in [0.29, 0.717) is 5.56 Å². The molecule has 0 amide bonds. The van der Waals surface area contributed by atoms with Gasteiger partial charge in [-0.15, -0.1) is 0 Å². The molecule has 0 heterocycles. The Bertz CT molecular complexity index is 968. The summed E-state index contributed by atoms with van der Waals surface area (Å²) in [5.41, 5.74) is -0.716. The van der Waals surface area contributed by atoms with E-state index in [1.807, 2.05) is 0 Å². The number of hydrogen-bond acceptors (Lipinski definition) is 4. The molecule has 1 aliphatic carbocycles. The molecule has 2 aromatic rings. The first-order valence-corrected chi connectivity index (χ1v) is 7.09. The fraction of sp³-hybridized carbons (Fsp3) is 0.111. The van der Waals surface area contributed by atoms with Crippen molar-refractivity contribution in [2.45, 2.75) is 13.8 Å². The predicted octanol–water partition coefficient (Wildman–Crippen LogP) is 2.48. The van der Waals surface area contributed by atoms with E-state index in [4.69, 9.17) is 0 Å². The van der Waals surface area contributed by atoms with Crippen molar-refractivity contribution < 1.29 is 29.4 Å². The lowest BCUT2D eigenvalue weighted by molar-refractivity contribution is 0.0648. The second kappa shape index (κ2) is 5.13. The second-order valence-corrected chi connectivity index (χ2v) is 5.56. The highest BCUT2D eigenvalue weighted by atomic mass is 16.4. The Morgan fingerprint density at radius 3 is 1.67 bits per heavy atom. The van der Waals surface area contributed by atoms with Crippen molar-refractivity contribution in [3.8, 4) is 0 Å². The van der Waals surface area contributed by atoms with E-state index in [0.717, 1.165) is 0 Å². The highest BCUT2D eigenvalue weighted by molar-refractivity contribution is 6.32. The van der Waals surface area contributed by atoms with E-state index in [-0.39, 0.29) is 27.8 Å². The lowest BCUT2D eigenvalue weighted by Crippen LogP contribution is -2.28.